The maximum Gasteiger partial charge on any atom is 0.264 e. The van der Waals surface area contributed by atoms with Gasteiger partial charge in [0, 0.05) is 37.6 Å². The number of likely N-dealkylation sites (tertiary alicyclic amines) is 1. The standard InChI is InChI=1S/C14H14ClN3O2S/c15-13-2-1-12(21-13)14(20)18-7-9(11(19)8-18)5-10-6-16-3-4-17-10/h1-4,6,9,11,19H,5,7-8H2/t9-,11-/m1/s1. The van der Waals surface area contributed by atoms with Crippen molar-refractivity contribution in [3.05, 3.63) is 45.6 Å². The minimum Gasteiger partial charge on any atom is -0.391 e. The van der Waals surface area contributed by atoms with Crippen LogP contribution in [0.25, 0.3) is 0 Å². The van der Waals surface area contributed by atoms with Gasteiger partial charge in [0.2, 0.25) is 0 Å². The van der Waals surface area contributed by atoms with Crippen LogP contribution in [0.1, 0.15) is 15.4 Å². The number of hydrogen-bond donors (Lipinski definition) is 1. The molecule has 5 nitrogen and oxygen atoms in total. The predicted octanol–water partition coefficient (Wildman–Crippen LogP) is 1.87. The van der Waals surface area contributed by atoms with E-state index in [0.717, 1.165) is 5.69 Å². The number of rotatable bonds is 3. The molecule has 1 aliphatic heterocycles. The highest BCUT2D eigenvalue weighted by atomic mass is 35.5. The predicted molar refractivity (Wildman–Crippen MR) is 80.5 cm³/mol. The number of aliphatic hydroxyl groups is 1. The summed E-state index contributed by atoms with van der Waals surface area (Å²) in [4.78, 5) is 22.9. The lowest BCUT2D eigenvalue weighted by Crippen LogP contribution is -2.28. The van der Waals surface area contributed by atoms with E-state index in [1.54, 1.807) is 35.6 Å². The van der Waals surface area contributed by atoms with Gasteiger partial charge >= 0.3 is 0 Å². The second-order valence-corrected chi connectivity index (χ2v) is 6.76. The minimum atomic E-state index is -0.536. The number of hydrogen-bond acceptors (Lipinski definition) is 5. The third-order valence-electron chi connectivity index (χ3n) is 3.57. The average Bonchev–Trinajstić information content (AvgIpc) is 3.06. The highest BCUT2D eigenvalue weighted by Gasteiger charge is 2.35. The lowest BCUT2D eigenvalue weighted by Gasteiger charge is -2.14. The van der Waals surface area contributed by atoms with E-state index in [9.17, 15) is 9.90 Å². The van der Waals surface area contributed by atoms with Crippen molar-refractivity contribution >= 4 is 28.8 Å². The second kappa shape index (κ2) is 6.09. The van der Waals surface area contributed by atoms with Gasteiger partial charge in [-0.05, 0) is 18.6 Å². The molecule has 21 heavy (non-hydrogen) atoms. The van der Waals surface area contributed by atoms with Crippen molar-refractivity contribution in [2.75, 3.05) is 13.1 Å². The normalized spacial score (nSPS) is 21.7. The number of carbonyl (C=O) groups excluding carboxylic acids is 1. The number of halogens is 1. The van der Waals surface area contributed by atoms with Crippen LogP contribution in [0.4, 0.5) is 0 Å². The fraction of sp³-hybridized carbons (Fsp3) is 0.357. The molecule has 0 aliphatic carbocycles. The summed E-state index contributed by atoms with van der Waals surface area (Å²) in [7, 11) is 0. The fourth-order valence-corrected chi connectivity index (χ4v) is 3.52. The van der Waals surface area contributed by atoms with Gasteiger partial charge in [-0.25, -0.2) is 0 Å². The molecular formula is C14H14ClN3O2S. The van der Waals surface area contributed by atoms with Crippen LogP contribution in [0.3, 0.4) is 0 Å². The van der Waals surface area contributed by atoms with Crippen LogP contribution in [0.2, 0.25) is 4.34 Å². The minimum absolute atomic E-state index is 0.0129. The Bertz CT molecular complexity index is 634. The van der Waals surface area contributed by atoms with E-state index in [1.165, 1.54) is 11.3 Å². The summed E-state index contributed by atoms with van der Waals surface area (Å²) in [5.41, 5.74) is 0.829. The van der Waals surface area contributed by atoms with E-state index in [2.05, 4.69) is 9.97 Å². The lowest BCUT2D eigenvalue weighted by atomic mass is 10.0. The van der Waals surface area contributed by atoms with Gasteiger partial charge in [0.1, 0.15) is 0 Å². The number of carbonyl (C=O) groups is 1. The molecule has 0 aromatic carbocycles. The summed E-state index contributed by atoms with van der Waals surface area (Å²) in [5, 5.41) is 10.2. The van der Waals surface area contributed by atoms with Crippen LogP contribution in [0, 0.1) is 5.92 Å². The molecule has 0 unspecified atom stereocenters. The Hall–Kier alpha value is -1.50. The molecule has 1 aliphatic rings. The van der Waals surface area contributed by atoms with Crippen molar-refractivity contribution in [2.24, 2.45) is 5.92 Å². The molecule has 0 radical (unpaired) electrons. The third kappa shape index (κ3) is 3.23. The zero-order chi connectivity index (χ0) is 14.8. The number of β-amino-alcohol motifs (C(OH)–C–C–N with tert-alkyl or cyclic N) is 1. The van der Waals surface area contributed by atoms with Gasteiger partial charge in [0.05, 0.1) is 21.0 Å². The monoisotopic (exact) mass is 323 g/mol. The van der Waals surface area contributed by atoms with Crippen LogP contribution < -0.4 is 0 Å². The van der Waals surface area contributed by atoms with E-state index < -0.39 is 6.10 Å². The molecule has 110 valence electrons. The van der Waals surface area contributed by atoms with E-state index in [1.807, 2.05) is 0 Å². The van der Waals surface area contributed by atoms with Crippen molar-refractivity contribution in [2.45, 2.75) is 12.5 Å². The summed E-state index contributed by atoms with van der Waals surface area (Å²) in [6, 6.07) is 3.43. The molecule has 1 fully saturated rings. The summed E-state index contributed by atoms with van der Waals surface area (Å²) >= 11 is 7.12. The summed E-state index contributed by atoms with van der Waals surface area (Å²) in [5.74, 6) is -0.0892. The van der Waals surface area contributed by atoms with Gasteiger partial charge in [-0.2, -0.15) is 0 Å². The van der Waals surface area contributed by atoms with Crippen molar-refractivity contribution < 1.29 is 9.90 Å². The van der Waals surface area contributed by atoms with Gasteiger partial charge in [-0.15, -0.1) is 11.3 Å². The Kier molecular flexibility index (Phi) is 4.19. The van der Waals surface area contributed by atoms with E-state index in [-0.39, 0.29) is 11.8 Å². The maximum atomic E-state index is 12.3. The summed E-state index contributed by atoms with van der Waals surface area (Å²) in [6.45, 7) is 0.866. The highest BCUT2D eigenvalue weighted by molar-refractivity contribution is 7.17. The molecule has 3 heterocycles. The Morgan fingerprint density at radius 3 is 2.95 bits per heavy atom. The first-order valence-electron chi connectivity index (χ1n) is 6.61. The van der Waals surface area contributed by atoms with Crippen LogP contribution in [-0.2, 0) is 6.42 Å². The summed E-state index contributed by atoms with van der Waals surface area (Å²) < 4.78 is 0.592. The molecule has 1 amide bonds. The molecule has 2 aromatic heterocycles. The van der Waals surface area contributed by atoms with E-state index in [0.29, 0.717) is 28.7 Å². The quantitative estimate of drug-likeness (QED) is 0.936. The molecular weight excluding hydrogens is 310 g/mol. The van der Waals surface area contributed by atoms with Gasteiger partial charge in [-0.3, -0.25) is 14.8 Å². The first-order valence-corrected chi connectivity index (χ1v) is 7.80. The summed E-state index contributed by atoms with van der Waals surface area (Å²) in [6.07, 6.45) is 5.02. The Labute approximate surface area is 131 Å². The molecule has 0 spiro atoms. The number of amides is 1. The van der Waals surface area contributed by atoms with E-state index >= 15 is 0 Å². The van der Waals surface area contributed by atoms with Crippen molar-refractivity contribution in [3.8, 4) is 0 Å². The average molecular weight is 324 g/mol. The second-order valence-electron chi connectivity index (χ2n) is 5.04. The van der Waals surface area contributed by atoms with E-state index in [4.69, 9.17) is 11.6 Å². The Morgan fingerprint density at radius 2 is 2.29 bits per heavy atom. The zero-order valence-electron chi connectivity index (χ0n) is 11.1. The van der Waals surface area contributed by atoms with Crippen LogP contribution >= 0.6 is 22.9 Å². The SMILES string of the molecule is O=C(c1ccc(Cl)s1)N1C[C@@H](Cc2cnccn2)[C@H](O)C1. The first kappa shape index (κ1) is 14.4. The molecule has 1 saturated heterocycles. The number of nitrogens with zero attached hydrogens (tertiary/aromatic N) is 3. The number of aliphatic hydroxyl groups excluding tert-OH is 1. The van der Waals surface area contributed by atoms with Crippen molar-refractivity contribution in [1.82, 2.24) is 14.9 Å². The fourth-order valence-electron chi connectivity index (χ4n) is 2.51. The third-order valence-corrected chi connectivity index (χ3v) is 4.78. The number of aromatic nitrogens is 2. The van der Waals surface area contributed by atoms with Gasteiger partial charge in [0.25, 0.3) is 5.91 Å². The maximum absolute atomic E-state index is 12.3. The Balaban J connectivity index is 1.67. The van der Waals surface area contributed by atoms with Crippen molar-refractivity contribution in [1.29, 1.82) is 0 Å². The smallest absolute Gasteiger partial charge is 0.264 e. The van der Waals surface area contributed by atoms with Crippen molar-refractivity contribution in [3.63, 3.8) is 0 Å². The molecule has 0 saturated carbocycles. The molecule has 3 rings (SSSR count). The number of thiophene rings is 1. The molecule has 1 N–H and O–H groups in total. The largest absolute Gasteiger partial charge is 0.391 e. The van der Waals surface area contributed by atoms with Gasteiger partial charge < -0.3 is 10.0 Å². The molecule has 7 heteroatoms. The molecule has 2 aromatic rings. The van der Waals surface area contributed by atoms with Gasteiger partial charge in [-0.1, -0.05) is 11.6 Å². The molecule has 2 atom stereocenters. The lowest BCUT2D eigenvalue weighted by molar-refractivity contribution is 0.0769. The molecule has 0 bridgehead atoms. The van der Waals surface area contributed by atoms with Gasteiger partial charge in [0.15, 0.2) is 0 Å². The van der Waals surface area contributed by atoms with Crippen LogP contribution in [0.15, 0.2) is 30.7 Å². The zero-order valence-corrected chi connectivity index (χ0v) is 12.7. The first-order chi connectivity index (χ1) is 10.1. The highest BCUT2D eigenvalue weighted by Crippen LogP contribution is 2.26. The topological polar surface area (TPSA) is 66.3 Å². The van der Waals surface area contributed by atoms with Crippen LogP contribution in [-0.4, -0.2) is 45.1 Å². The Morgan fingerprint density at radius 1 is 1.43 bits per heavy atom. The van der Waals surface area contributed by atoms with Crippen LogP contribution in [0.5, 0.6) is 0 Å².